The standard InChI is InChI=1S/C12H15F3N2O2/c1-7(2-3-18)6-16-12(19)17-11-9(14)4-8(13)5-10(11)15/h4-5,7,18H,2-3,6H2,1H3,(H2,16,17,19). The van der Waals surface area contributed by atoms with E-state index in [4.69, 9.17) is 5.11 Å². The summed E-state index contributed by atoms with van der Waals surface area (Å²) < 4.78 is 39.1. The summed E-state index contributed by atoms with van der Waals surface area (Å²) in [6.07, 6.45) is 0.500. The minimum atomic E-state index is -1.18. The molecule has 2 amide bonds. The number of hydrogen-bond acceptors (Lipinski definition) is 2. The number of hydrogen-bond donors (Lipinski definition) is 3. The summed E-state index contributed by atoms with van der Waals surface area (Å²) in [7, 11) is 0. The Hall–Kier alpha value is -1.76. The summed E-state index contributed by atoms with van der Waals surface area (Å²) in [4.78, 5) is 11.4. The number of aliphatic hydroxyl groups is 1. The van der Waals surface area contributed by atoms with Crippen molar-refractivity contribution in [2.24, 2.45) is 5.92 Å². The third-order valence-electron chi connectivity index (χ3n) is 2.48. The molecule has 0 aliphatic rings. The van der Waals surface area contributed by atoms with E-state index in [1.165, 1.54) is 0 Å². The van der Waals surface area contributed by atoms with Gasteiger partial charge in [0.1, 0.15) is 11.5 Å². The van der Waals surface area contributed by atoms with Crippen molar-refractivity contribution in [3.05, 3.63) is 29.6 Å². The first kappa shape index (κ1) is 15.3. The molecule has 3 N–H and O–H groups in total. The van der Waals surface area contributed by atoms with Gasteiger partial charge in [0, 0.05) is 25.3 Å². The lowest BCUT2D eigenvalue weighted by Crippen LogP contribution is -2.33. The number of carbonyl (C=O) groups excluding carboxylic acids is 1. The van der Waals surface area contributed by atoms with Crippen LogP contribution in [0.2, 0.25) is 0 Å². The van der Waals surface area contributed by atoms with Crippen LogP contribution in [0, 0.1) is 23.4 Å². The van der Waals surface area contributed by atoms with Crippen molar-refractivity contribution in [2.75, 3.05) is 18.5 Å². The molecule has 19 heavy (non-hydrogen) atoms. The van der Waals surface area contributed by atoms with E-state index in [0.29, 0.717) is 18.6 Å². The van der Waals surface area contributed by atoms with Crippen LogP contribution in [-0.4, -0.2) is 24.3 Å². The second-order valence-corrected chi connectivity index (χ2v) is 4.20. The van der Waals surface area contributed by atoms with Crippen molar-refractivity contribution in [3.8, 4) is 0 Å². The van der Waals surface area contributed by atoms with E-state index in [2.05, 4.69) is 5.32 Å². The molecule has 1 rings (SSSR count). The van der Waals surface area contributed by atoms with Gasteiger partial charge in [0.15, 0.2) is 11.6 Å². The molecule has 0 radical (unpaired) electrons. The van der Waals surface area contributed by atoms with Gasteiger partial charge in [0.2, 0.25) is 0 Å². The molecule has 0 aliphatic carbocycles. The van der Waals surface area contributed by atoms with Gasteiger partial charge in [-0.1, -0.05) is 6.92 Å². The highest BCUT2D eigenvalue weighted by Crippen LogP contribution is 2.19. The molecule has 1 atom stereocenters. The van der Waals surface area contributed by atoms with Crippen molar-refractivity contribution < 1.29 is 23.1 Å². The average molecular weight is 276 g/mol. The van der Waals surface area contributed by atoms with Crippen molar-refractivity contribution >= 4 is 11.7 Å². The van der Waals surface area contributed by atoms with E-state index in [-0.39, 0.29) is 19.1 Å². The first-order chi connectivity index (χ1) is 8.93. The summed E-state index contributed by atoms with van der Waals surface area (Å²) in [6, 6.07) is 0.161. The van der Waals surface area contributed by atoms with Crippen LogP contribution in [-0.2, 0) is 0 Å². The molecule has 0 spiro atoms. The molecule has 7 heteroatoms. The van der Waals surface area contributed by atoms with Gasteiger partial charge in [-0.15, -0.1) is 0 Å². The lowest BCUT2D eigenvalue weighted by Gasteiger charge is -2.12. The fourth-order valence-electron chi connectivity index (χ4n) is 1.41. The molecule has 0 aliphatic heterocycles. The fraction of sp³-hybridized carbons (Fsp3) is 0.417. The summed E-state index contributed by atoms with van der Waals surface area (Å²) >= 11 is 0. The molecule has 106 valence electrons. The SMILES string of the molecule is CC(CCO)CNC(=O)Nc1c(F)cc(F)cc1F. The minimum absolute atomic E-state index is 0.00825. The Bertz CT molecular complexity index is 432. The fourth-order valence-corrected chi connectivity index (χ4v) is 1.41. The summed E-state index contributed by atoms with van der Waals surface area (Å²) in [5.41, 5.74) is -0.700. The maximum atomic E-state index is 13.2. The summed E-state index contributed by atoms with van der Waals surface area (Å²) in [5, 5.41) is 13.0. The van der Waals surface area contributed by atoms with Crippen LogP contribution < -0.4 is 10.6 Å². The predicted molar refractivity (Wildman–Crippen MR) is 64.2 cm³/mol. The van der Waals surface area contributed by atoms with Gasteiger partial charge in [0.25, 0.3) is 0 Å². The molecule has 0 aromatic heterocycles. The van der Waals surface area contributed by atoms with Crippen LogP contribution in [0.3, 0.4) is 0 Å². The maximum Gasteiger partial charge on any atom is 0.319 e. The van der Waals surface area contributed by atoms with Gasteiger partial charge in [0.05, 0.1) is 0 Å². The minimum Gasteiger partial charge on any atom is -0.396 e. The van der Waals surface area contributed by atoms with E-state index in [1.807, 2.05) is 5.32 Å². The number of halogens is 3. The third kappa shape index (κ3) is 4.78. The van der Waals surface area contributed by atoms with Crippen molar-refractivity contribution in [3.63, 3.8) is 0 Å². The third-order valence-corrected chi connectivity index (χ3v) is 2.48. The zero-order chi connectivity index (χ0) is 14.4. The number of aliphatic hydroxyl groups excluding tert-OH is 1. The van der Waals surface area contributed by atoms with E-state index >= 15 is 0 Å². The largest absolute Gasteiger partial charge is 0.396 e. The molecule has 0 saturated heterocycles. The van der Waals surface area contributed by atoms with Gasteiger partial charge in [-0.2, -0.15) is 0 Å². The molecule has 4 nitrogen and oxygen atoms in total. The number of urea groups is 1. The smallest absolute Gasteiger partial charge is 0.319 e. The van der Waals surface area contributed by atoms with Gasteiger partial charge >= 0.3 is 6.03 Å². The lowest BCUT2D eigenvalue weighted by atomic mass is 10.1. The van der Waals surface area contributed by atoms with E-state index in [0.717, 1.165) is 0 Å². The van der Waals surface area contributed by atoms with Crippen LogP contribution in [0.5, 0.6) is 0 Å². The van der Waals surface area contributed by atoms with E-state index < -0.39 is 29.2 Å². The molecule has 0 bridgehead atoms. The first-order valence-corrected chi connectivity index (χ1v) is 5.74. The van der Waals surface area contributed by atoms with Crippen LogP contribution >= 0.6 is 0 Å². The van der Waals surface area contributed by atoms with Crippen LogP contribution in [0.15, 0.2) is 12.1 Å². The van der Waals surface area contributed by atoms with Gasteiger partial charge in [-0.3, -0.25) is 0 Å². The van der Waals surface area contributed by atoms with Crippen molar-refractivity contribution in [2.45, 2.75) is 13.3 Å². The van der Waals surface area contributed by atoms with E-state index in [9.17, 15) is 18.0 Å². The molecule has 1 aromatic rings. The lowest BCUT2D eigenvalue weighted by molar-refractivity contribution is 0.243. The molecule has 1 aromatic carbocycles. The highest BCUT2D eigenvalue weighted by atomic mass is 19.1. The van der Waals surface area contributed by atoms with Gasteiger partial charge in [-0.25, -0.2) is 18.0 Å². The van der Waals surface area contributed by atoms with E-state index in [1.54, 1.807) is 6.92 Å². The van der Waals surface area contributed by atoms with Gasteiger partial charge < -0.3 is 15.7 Å². The molecule has 1 unspecified atom stereocenters. The Balaban J connectivity index is 2.58. The molecular formula is C12H15F3N2O2. The number of rotatable bonds is 5. The van der Waals surface area contributed by atoms with Crippen molar-refractivity contribution in [1.82, 2.24) is 5.32 Å². The highest BCUT2D eigenvalue weighted by molar-refractivity contribution is 5.89. The highest BCUT2D eigenvalue weighted by Gasteiger charge is 2.14. The molecule has 0 fully saturated rings. The molecular weight excluding hydrogens is 261 g/mol. The predicted octanol–water partition coefficient (Wildman–Crippen LogP) is 2.24. The Labute approximate surface area is 108 Å². The number of amides is 2. The Morgan fingerprint density at radius 2 is 1.89 bits per heavy atom. The monoisotopic (exact) mass is 276 g/mol. The number of carbonyl (C=O) groups is 1. The maximum absolute atomic E-state index is 13.2. The van der Waals surface area contributed by atoms with Crippen LogP contribution in [0.25, 0.3) is 0 Å². The number of benzene rings is 1. The summed E-state index contributed by atoms with van der Waals surface area (Å²) in [5.74, 6) is -3.40. The second kappa shape index (κ2) is 6.98. The zero-order valence-electron chi connectivity index (χ0n) is 10.3. The normalized spacial score (nSPS) is 12.1. The molecule has 0 heterocycles. The topological polar surface area (TPSA) is 61.4 Å². The number of anilines is 1. The average Bonchev–Trinajstić information content (AvgIpc) is 2.31. The summed E-state index contributed by atoms with van der Waals surface area (Å²) in [6.45, 7) is 2.04. The van der Waals surface area contributed by atoms with Crippen LogP contribution in [0.4, 0.5) is 23.7 Å². The van der Waals surface area contributed by atoms with Gasteiger partial charge in [-0.05, 0) is 12.3 Å². The quantitative estimate of drug-likeness (QED) is 0.772. The molecule has 0 saturated carbocycles. The van der Waals surface area contributed by atoms with Crippen LogP contribution in [0.1, 0.15) is 13.3 Å². The first-order valence-electron chi connectivity index (χ1n) is 5.74. The number of nitrogens with one attached hydrogen (secondary N) is 2. The second-order valence-electron chi connectivity index (χ2n) is 4.20. The Kier molecular flexibility index (Phi) is 5.62. The Morgan fingerprint density at radius 1 is 1.32 bits per heavy atom. The Morgan fingerprint density at radius 3 is 2.42 bits per heavy atom. The zero-order valence-corrected chi connectivity index (χ0v) is 10.3. The van der Waals surface area contributed by atoms with Crippen molar-refractivity contribution in [1.29, 1.82) is 0 Å².